The zero-order chi connectivity index (χ0) is 29.0. The minimum atomic E-state index is -1.03. The third kappa shape index (κ3) is 11.3. The van der Waals surface area contributed by atoms with Gasteiger partial charge in [-0.3, -0.25) is 0 Å². The van der Waals surface area contributed by atoms with Crippen LogP contribution < -0.4 is 0 Å². The van der Waals surface area contributed by atoms with E-state index in [4.69, 9.17) is 19.7 Å². The van der Waals surface area contributed by atoms with Crippen molar-refractivity contribution in [3.8, 4) is 0 Å². The molecule has 7 nitrogen and oxygen atoms in total. The van der Waals surface area contributed by atoms with Crippen LogP contribution in [0.4, 0.5) is 0 Å². The van der Waals surface area contributed by atoms with Gasteiger partial charge in [-0.25, -0.2) is 9.59 Å². The third-order valence-corrected chi connectivity index (χ3v) is 7.83. The number of carboxylic acids is 2. The number of aliphatic hydroxyl groups is 1. The van der Waals surface area contributed by atoms with E-state index in [1.54, 1.807) is 19.9 Å². The minimum absolute atomic E-state index is 0.00918. The Morgan fingerprint density at radius 3 is 2.38 bits per heavy atom. The molecule has 2 rings (SSSR count). The van der Waals surface area contributed by atoms with Crippen LogP contribution in [0.2, 0.25) is 0 Å². The molecule has 0 bridgehead atoms. The van der Waals surface area contributed by atoms with E-state index < -0.39 is 23.8 Å². The second-order valence-corrected chi connectivity index (χ2v) is 11.3. The predicted molar refractivity (Wildman–Crippen MR) is 153 cm³/mol. The first-order valence-electron chi connectivity index (χ1n) is 14.3. The number of aliphatic carboxylic acids is 2. The fraction of sp³-hybridized carbons (Fsp3) is 0.625. The molecular weight excluding hydrogens is 496 g/mol. The number of hydrogen-bond acceptors (Lipinski definition) is 5. The number of rotatable bonds is 13. The summed E-state index contributed by atoms with van der Waals surface area (Å²) in [6, 6.07) is 0. The van der Waals surface area contributed by atoms with Crippen LogP contribution in [0.5, 0.6) is 0 Å². The van der Waals surface area contributed by atoms with Crippen LogP contribution in [0, 0.1) is 17.8 Å². The standard InChI is InChI=1S/C32H48O7/c1-6-7-8-26-18-20-32(39-29(26)15-11-23(3)21-31(36)37)19-17-25(5)28(38-32)14-10-22(2)9-13-27(33)24(4)12-16-30(34)35/h9-13,15-16,21,24-29,33H,6-8,14,17-20H2,1-5H3,(H,34,35)(H,36,37)/b13-9+,15-11+,16-12+,22-10+,23-21+. The van der Waals surface area contributed by atoms with E-state index in [0.717, 1.165) is 63.0 Å². The van der Waals surface area contributed by atoms with Gasteiger partial charge in [-0.1, -0.05) is 75.6 Å². The predicted octanol–water partition coefficient (Wildman–Crippen LogP) is 6.60. The first-order valence-corrected chi connectivity index (χ1v) is 14.3. The molecule has 3 N–H and O–H groups in total. The smallest absolute Gasteiger partial charge is 0.328 e. The van der Waals surface area contributed by atoms with Crippen LogP contribution in [0.15, 0.2) is 59.8 Å². The van der Waals surface area contributed by atoms with Gasteiger partial charge in [0.15, 0.2) is 5.79 Å². The van der Waals surface area contributed by atoms with Crippen LogP contribution in [0.25, 0.3) is 0 Å². The van der Waals surface area contributed by atoms with Crippen molar-refractivity contribution in [1.82, 2.24) is 0 Å². The SMILES string of the molecule is CCCCC1CCC2(CCC(C)C(C/C=C(C)/C=C/C(O)C(C)/C=C/C(=O)O)O2)OC1/C=C/C(C)=C/C(=O)O. The summed E-state index contributed by atoms with van der Waals surface area (Å²) < 4.78 is 13.4. The number of hydrogen-bond donors (Lipinski definition) is 3. The maximum absolute atomic E-state index is 11.0. The Morgan fingerprint density at radius 2 is 1.72 bits per heavy atom. The molecule has 2 heterocycles. The van der Waals surface area contributed by atoms with E-state index in [1.807, 2.05) is 25.2 Å². The zero-order valence-corrected chi connectivity index (χ0v) is 24.2. The van der Waals surface area contributed by atoms with Gasteiger partial charge in [-0.2, -0.15) is 0 Å². The highest BCUT2D eigenvalue weighted by Gasteiger charge is 2.46. The molecule has 0 amide bonds. The summed E-state index contributed by atoms with van der Waals surface area (Å²) in [7, 11) is 0. The van der Waals surface area contributed by atoms with E-state index in [9.17, 15) is 14.7 Å². The highest BCUT2D eigenvalue weighted by molar-refractivity contribution is 5.81. The van der Waals surface area contributed by atoms with Gasteiger partial charge in [0.2, 0.25) is 0 Å². The molecule has 0 radical (unpaired) electrons. The van der Waals surface area contributed by atoms with Gasteiger partial charge >= 0.3 is 11.9 Å². The number of ether oxygens (including phenoxy) is 2. The Bertz CT molecular complexity index is 960. The average Bonchev–Trinajstić information content (AvgIpc) is 2.88. The topological polar surface area (TPSA) is 113 Å². The lowest BCUT2D eigenvalue weighted by molar-refractivity contribution is -0.324. The lowest BCUT2D eigenvalue weighted by Crippen LogP contribution is -2.52. The Balaban J connectivity index is 2.08. The van der Waals surface area contributed by atoms with Crippen LogP contribution in [0.3, 0.4) is 0 Å². The van der Waals surface area contributed by atoms with Gasteiger partial charge in [0, 0.05) is 30.9 Å². The normalized spacial score (nSPS) is 30.4. The molecule has 7 unspecified atom stereocenters. The largest absolute Gasteiger partial charge is 0.478 e. The molecule has 2 aliphatic rings. The molecule has 7 atom stereocenters. The van der Waals surface area contributed by atoms with Gasteiger partial charge < -0.3 is 24.8 Å². The highest BCUT2D eigenvalue weighted by atomic mass is 16.7. The first kappa shape index (κ1) is 32.7. The number of unbranched alkanes of at least 4 members (excludes halogenated alkanes) is 1. The lowest BCUT2D eigenvalue weighted by atomic mass is 9.81. The summed E-state index contributed by atoms with van der Waals surface area (Å²) in [5.41, 5.74) is 1.69. The summed E-state index contributed by atoms with van der Waals surface area (Å²) in [5.74, 6) is -2.14. The lowest BCUT2D eigenvalue weighted by Gasteiger charge is -2.49. The van der Waals surface area contributed by atoms with Gasteiger partial charge in [0.05, 0.1) is 18.3 Å². The number of allylic oxidation sites excluding steroid dienone is 4. The van der Waals surface area contributed by atoms with Gasteiger partial charge in [-0.05, 0) is 56.9 Å². The summed E-state index contributed by atoms with van der Waals surface area (Å²) in [5, 5.41) is 28.1. The van der Waals surface area contributed by atoms with Gasteiger partial charge in [0.1, 0.15) is 0 Å². The molecule has 218 valence electrons. The van der Waals surface area contributed by atoms with Crippen molar-refractivity contribution in [2.24, 2.45) is 17.8 Å². The molecule has 1 spiro atoms. The van der Waals surface area contributed by atoms with Crippen LogP contribution in [-0.2, 0) is 19.1 Å². The quantitative estimate of drug-likeness (QED) is 0.177. The third-order valence-electron chi connectivity index (χ3n) is 7.83. The number of carboxylic acid groups (broad SMARTS) is 2. The Labute approximate surface area is 234 Å². The molecule has 0 aromatic heterocycles. The molecule has 2 fully saturated rings. The number of aliphatic hydroxyl groups excluding tert-OH is 1. The monoisotopic (exact) mass is 544 g/mol. The van der Waals surface area contributed by atoms with Crippen LogP contribution in [0.1, 0.15) is 86.0 Å². The average molecular weight is 545 g/mol. The number of carbonyl (C=O) groups is 2. The van der Waals surface area contributed by atoms with Gasteiger partial charge in [0.25, 0.3) is 0 Å². The van der Waals surface area contributed by atoms with E-state index in [0.29, 0.717) is 17.4 Å². The summed E-state index contributed by atoms with van der Waals surface area (Å²) in [4.78, 5) is 21.7. The fourth-order valence-corrected chi connectivity index (χ4v) is 5.21. The molecule has 0 aromatic rings. The maximum Gasteiger partial charge on any atom is 0.328 e. The molecule has 39 heavy (non-hydrogen) atoms. The van der Waals surface area contributed by atoms with Crippen molar-refractivity contribution < 1.29 is 34.4 Å². The van der Waals surface area contributed by atoms with Crippen molar-refractivity contribution >= 4 is 11.9 Å². The summed E-state index contributed by atoms with van der Waals surface area (Å²) in [6.07, 6.45) is 20.2. The highest BCUT2D eigenvalue weighted by Crippen LogP contribution is 2.45. The molecular formula is C32H48O7. The fourth-order valence-electron chi connectivity index (χ4n) is 5.21. The Kier molecular flexibility index (Phi) is 13.4. The van der Waals surface area contributed by atoms with E-state index in [2.05, 4.69) is 19.9 Å². The molecule has 2 aliphatic heterocycles. The molecule has 0 aromatic carbocycles. The molecule has 0 saturated carbocycles. The van der Waals surface area contributed by atoms with Crippen molar-refractivity contribution in [2.45, 2.75) is 110 Å². The summed E-state index contributed by atoms with van der Waals surface area (Å²) in [6.45, 7) is 9.94. The second kappa shape index (κ2) is 15.9. The van der Waals surface area contributed by atoms with E-state index in [1.165, 1.54) is 12.2 Å². The zero-order valence-electron chi connectivity index (χ0n) is 24.2. The van der Waals surface area contributed by atoms with Crippen molar-refractivity contribution in [3.05, 3.63) is 59.8 Å². The molecule has 0 aliphatic carbocycles. The van der Waals surface area contributed by atoms with Gasteiger partial charge in [-0.15, -0.1) is 0 Å². The Hall–Kier alpha value is -2.48. The molecule has 2 saturated heterocycles. The maximum atomic E-state index is 11.0. The summed E-state index contributed by atoms with van der Waals surface area (Å²) >= 11 is 0. The first-order chi connectivity index (χ1) is 18.4. The Morgan fingerprint density at radius 1 is 1.00 bits per heavy atom. The van der Waals surface area contributed by atoms with Crippen molar-refractivity contribution in [3.63, 3.8) is 0 Å². The van der Waals surface area contributed by atoms with Crippen LogP contribution >= 0.6 is 0 Å². The second-order valence-electron chi connectivity index (χ2n) is 11.3. The van der Waals surface area contributed by atoms with E-state index >= 15 is 0 Å². The van der Waals surface area contributed by atoms with Crippen LogP contribution in [-0.4, -0.2) is 51.4 Å². The van der Waals surface area contributed by atoms with Crippen molar-refractivity contribution in [1.29, 1.82) is 0 Å². The van der Waals surface area contributed by atoms with E-state index in [-0.39, 0.29) is 18.1 Å². The molecule has 7 heteroatoms. The minimum Gasteiger partial charge on any atom is -0.478 e. The van der Waals surface area contributed by atoms with Crippen molar-refractivity contribution in [2.75, 3.05) is 0 Å².